The summed E-state index contributed by atoms with van der Waals surface area (Å²) in [6.07, 6.45) is 3.08. The summed E-state index contributed by atoms with van der Waals surface area (Å²) < 4.78 is 11.4. The molecule has 5 aliphatic rings. The highest BCUT2D eigenvalue weighted by molar-refractivity contribution is 5.98. The molecule has 1 aliphatic heterocycles. The Bertz CT molecular complexity index is 1040. The molecule has 7 heteroatoms. The van der Waals surface area contributed by atoms with Gasteiger partial charge in [-0.05, 0) is 82.0 Å². The summed E-state index contributed by atoms with van der Waals surface area (Å²) >= 11 is 0. The lowest BCUT2D eigenvalue weighted by atomic mass is 9.68. The molecule has 1 saturated heterocycles. The molecule has 2 N–H and O–H groups in total. The third-order valence-corrected chi connectivity index (χ3v) is 11.1. The molecule has 0 bridgehead atoms. The second-order valence-electron chi connectivity index (χ2n) is 13.4. The van der Waals surface area contributed by atoms with Crippen LogP contribution in [0.1, 0.15) is 79.1 Å². The van der Waals surface area contributed by atoms with Gasteiger partial charge in [0.05, 0.1) is 11.0 Å². The van der Waals surface area contributed by atoms with Gasteiger partial charge in [-0.3, -0.25) is 4.79 Å². The van der Waals surface area contributed by atoms with Crippen LogP contribution in [0, 0.1) is 40.4 Å². The maximum absolute atomic E-state index is 13.9. The number of hydrogen-bond donors (Lipinski definition) is 2. The van der Waals surface area contributed by atoms with Crippen LogP contribution in [0.4, 0.5) is 0 Å². The van der Waals surface area contributed by atoms with Crippen molar-refractivity contribution in [2.45, 2.75) is 103 Å². The van der Waals surface area contributed by atoms with Crippen LogP contribution in [0.15, 0.2) is 24.3 Å². The number of fused-ring (bicyclic) bond motifs is 4. The number of carbonyl (C=O) groups excluding carboxylic acids is 3. The Morgan fingerprint density at radius 3 is 2.51 bits per heavy atom. The largest absolute Gasteiger partial charge is 0.457 e. The molecular weight excluding hydrogens is 472 g/mol. The van der Waals surface area contributed by atoms with Crippen molar-refractivity contribution in [2.75, 3.05) is 0 Å². The van der Waals surface area contributed by atoms with Crippen LogP contribution in [0.2, 0.25) is 0 Å². The highest BCUT2D eigenvalue weighted by Crippen LogP contribution is 2.58. The first-order valence-corrected chi connectivity index (χ1v) is 14.0. The van der Waals surface area contributed by atoms with E-state index in [1.54, 1.807) is 6.92 Å². The molecule has 0 aromatic rings. The van der Waals surface area contributed by atoms with E-state index in [1.165, 1.54) is 0 Å². The second-order valence-corrected chi connectivity index (χ2v) is 13.4. The number of Topliss-reactive ketones (excluding diaryl/α,β-unsaturated/α-hetero) is 1. The fraction of sp³-hybridized carbons (Fsp3) is 0.767. The van der Waals surface area contributed by atoms with Gasteiger partial charge in [0.25, 0.3) is 0 Å². The van der Waals surface area contributed by atoms with Crippen LogP contribution in [-0.4, -0.2) is 51.8 Å². The fourth-order valence-electron chi connectivity index (χ4n) is 9.14. The SMILES string of the molecule is C=C(C(=O)OC1C(=O)C2(C)C3OC(=O)C(=C)C3CCC(C)C2C1O)C1CCC(C)(O)C2CCCC2(C)C1. The number of carbonyl (C=O) groups is 3. The highest BCUT2D eigenvalue weighted by Gasteiger charge is 2.68. The van der Waals surface area contributed by atoms with E-state index in [0.29, 0.717) is 36.8 Å². The van der Waals surface area contributed by atoms with Crippen molar-refractivity contribution in [3.63, 3.8) is 0 Å². The van der Waals surface area contributed by atoms with Crippen LogP contribution in [0.5, 0.6) is 0 Å². The van der Waals surface area contributed by atoms with Gasteiger partial charge in [0.1, 0.15) is 12.2 Å². The molecule has 4 aliphatic carbocycles. The van der Waals surface area contributed by atoms with Crippen LogP contribution in [0.3, 0.4) is 0 Å². The monoisotopic (exact) mass is 514 g/mol. The Labute approximate surface area is 219 Å². The molecule has 5 fully saturated rings. The van der Waals surface area contributed by atoms with E-state index < -0.39 is 53.0 Å². The van der Waals surface area contributed by atoms with E-state index in [0.717, 1.165) is 25.7 Å². The van der Waals surface area contributed by atoms with Crippen LogP contribution >= 0.6 is 0 Å². The zero-order valence-corrected chi connectivity index (χ0v) is 22.6. The average molecular weight is 515 g/mol. The minimum Gasteiger partial charge on any atom is -0.457 e. The molecule has 11 atom stereocenters. The number of ether oxygens (including phenoxy) is 2. The van der Waals surface area contributed by atoms with Gasteiger partial charge in [-0.25, -0.2) is 9.59 Å². The van der Waals surface area contributed by atoms with Crippen LogP contribution in [-0.2, 0) is 23.9 Å². The Hall–Kier alpha value is -1.99. The minimum atomic E-state index is -1.34. The maximum atomic E-state index is 13.9. The van der Waals surface area contributed by atoms with Gasteiger partial charge >= 0.3 is 11.9 Å². The number of ketones is 1. The van der Waals surface area contributed by atoms with Gasteiger partial charge in [-0.15, -0.1) is 0 Å². The van der Waals surface area contributed by atoms with Gasteiger partial charge in [0, 0.05) is 23.0 Å². The van der Waals surface area contributed by atoms with Crippen LogP contribution in [0.25, 0.3) is 0 Å². The molecule has 0 amide bonds. The van der Waals surface area contributed by atoms with E-state index in [2.05, 4.69) is 20.1 Å². The molecule has 204 valence electrons. The normalized spacial score (nSPS) is 49.4. The van der Waals surface area contributed by atoms with E-state index in [4.69, 9.17) is 9.47 Å². The molecule has 1 heterocycles. The van der Waals surface area contributed by atoms with Crippen LogP contribution < -0.4 is 0 Å². The molecule has 37 heavy (non-hydrogen) atoms. The minimum absolute atomic E-state index is 0.0312. The lowest BCUT2D eigenvalue weighted by molar-refractivity contribution is -0.159. The molecule has 0 aromatic heterocycles. The summed E-state index contributed by atoms with van der Waals surface area (Å²) in [5.74, 6) is -2.38. The first-order valence-electron chi connectivity index (χ1n) is 14.0. The van der Waals surface area contributed by atoms with E-state index in [1.807, 2.05) is 13.8 Å². The molecule has 4 saturated carbocycles. The van der Waals surface area contributed by atoms with Crippen molar-refractivity contribution < 1.29 is 34.1 Å². The zero-order chi connectivity index (χ0) is 27.1. The lowest BCUT2D eigenvalue weighted by Crippen LogP contribution is -2.46. The third-order valence-electron chi connectivity index (χ3n) is 11.1. The highest BCUT2D eigenvalue weighted by atomic mass is 16.6. The Morgan fingerprint density at radius 2 is 1.81 bits per heavy atom. The van der Waals surface area contributed by atoms with Crippen molar-refractivity contribution in [3.05, 3.63) is 24.3 Å². The van der Waals surface area contributed by atoms with E-state index in [9.17, 15) is 24.6 Å². The number of esters is 2. The summed E-state index contributed by atoms with van der Waals surface area (Å²) in [6.45, 7) is 15.8. The zero-order valence-electron chi connectivity index (χ0n) is 22.6. The van der Waals surface area contributed by atoms with E-state index in [-0.39, 0.29) is 29.1 Å². The molecule has 11 unspecified atom stereocenters. The standard InChI is InChI=1S/C30H42O7/c1-15-9-10-19-17(3)27(34)37-25(19)30(6)21(15)22(31)23(24(30)32)36-26(33)16(2)18-11-13-29(5,35)20-8-7-12-28(20,4)14-18/h15,18-23,25,31,35H,2-3,7-14H2,1,4-6H3. The van der Waals surface area contributed by atoms with Crippen molar-refractivity contribution in [3.8, 4) is 0 Å². The number of rotatable bonds is 3. The Kier molecular flexibility index (Phi) is 6.31. The first kappa shape index (κ1) is 26.6. The molecule has 0 spiro atoms. The van der Waals surface area contributed by atoms with Gasteiger partial charge < -0.3 is 19.7 Å². The number of aliphatic hydroxyl groups is 2. The van der Waals surface area contributed by atoms with Crippen molar-refractivity contribution in [1.82, 2.24) is 0 Å². The Morgan fingerprint density at radius 1 is 1.11 bits per heavy atom. The molecule has 0 aromatic carbocycles. The van der Waals surface area contributed by atoms with Crippen molar-refractivity contribution >= 4 is 17.7 Å². The van der Waals surface area contributed by atoms with Gasteiger partial charge in [0.15, 0.2) is 11.9 Å². The van der Waals surface area contributed by atoms with Crippen molar-refractivity contribution in [2.24, 2.45) is 40.4 Å². The quantitative estimate of drug-likeness (QED) is 0.434. The van der Waals surface area contributed by atoms with Gasteiger partial charge in [-0.2, -0.15) is 0 Å². The average Bonchev–Trinajstić information content (AvgIpc) is 3.37. The van der Waals surface area contributed by atoms with Crippen molar-refractivity contribution in [1.29, 1.82) is 0 Å². The Balaban J connectivity index is 1.37. The summed E-state index contributed by atoms with van der Waals surface area (Å²) in [5, 5.41) is 22.5. The molecule has 0 radical (unpaired) electrons. The molecule has 7 nitrogen and oxygen atoms in total. The first-order chi connectivity index (χ1) is 17.2. The topological polar surface area (TPSA) is 110 Å². The maximum Gasteiger partial charge on any atom is 0.334 e. The smallest absolute Gasteiger partial charge is 0.334 e. The predicted molar refractivity (Wildman–Crippen MR) is 136 cm³/mol. The summed E-state index contributed by atoms with van der Waals surface area (Å²) in [7, 11) is 0. The summed E-state index contributed by atoms with van der Waals surface area (Å²) in [4.78, 5) is 39.6. The third kappa shape index (κ3) is 3.86. The summed E-state index contributed by atoms with van der Waals surface area (Å²) in [6, 6.07) is 0. The predicted octanol–water partition coefficient (Wildman–Crippen LogP) is 3.91. The second kappa shape index (κ2) is 8.77. The summed E-state index contributed by atoms with van der Waals surface area (Å²) in [5.41, 5.74) is -1.38. The van der Waals surface area contributed by atoms with Gasteiger partial charge in [0.2, 0.25) is 0 Å². The van der Waals surface area contributed by atoms with Gasteiger partial charge in [-0.1, -0.05) is 33.4 Å². The fourth-order valence-corrected chi connectivity index (χ4v) is 9.14. The van der Waals surface area contributed by atoms with E-state index >= 15 is 0 Å². The number of hydrogen-bond acceptors (Lipinski definition) is 7. The number of aliphatic hydroxyl groups excluding tert-OH is 1. The lowest BCUT2D eigenvalue weighted by Gasteiger charge is -2.39. The molecular formula is C30H42O7. The molecule has 5 rings (SSSR count).